The number of carbonyl (C=O) groups excluding carboxylic acids is 1. The summed E-state index contributed by atoms with van der Waals surface area (Å²) in [4.78, 5) is 11.2. The molecule has 0 radical (unpaired) electrons. The minimum absolute atomic E-state index is 0.0252. The summed E-state index contributed by atoms with van der Waals surface area (Å²) in [6.07, 6.45) is 7.20. The van der Waals surface area contributed by atoms with Crippen molar-refractivity contribution in [2.45, 2.75) is 25.4 Å². The zero-order valence-corrected chi connectivity index (χ0v) is 7.01. The maximum absolute atomic E-state index is 11.2. The molecule has 3 nitrogen and oxygen atoms in total. The highest BCUT2D eigenvalue weighted by molar-refractivity contribution is 5.80. The molecule has 1 heterocycles. The van der Waals surface area contributed by atoms with Crippen LogP contribution >= 0.6 is 0 Å². The van der Waals surface area contributed by atoms with Crippen molar-refractivity contribution in [1.82, 2.24) is 5.32 Å². The van der Waals surface area contributed by atoms with Crippen LogP contribution in [-0.2, 0) is 9.53 Å². The van der Waals surface area contributed by atoms with Gasteiger partial charge in [-0.05, 0) is 12.8 Å². The lowest BCUT2D eigenvalue weighted by molar-refractivity contribution is -0.129. The average Bonchev–Trinajstić information content (AvgIpc) is 2.56. The first-order chi connectivity index (χ1) is 5.84. The Morgan fingerprint density at radius 1 is 1.75 bits per heavy atom. The highest BCUT2D eigenvalue weighted by Crippen LogP contribution is 2.11. The van der Waals surface area contributed by atoms with Gasteiger partial charge in [-0.3, -0.25) is 4.79 Å². The second-order valence-corrected chi connectivity index (χ2v) is 2.75. The molecule has 0 aliphatic carbocycles. The minimum Gasteiger partial charge on any atom is -0.368 e. The third-order valence-corrected chi connectivity index (χ3v) is 1.79. The molecular weight excluding hydrogens is 154 g/mol. The van der Waals surface area contributed by atoms with E-state index >= 15 is 0 Å². The fraction of sp³-hybridized carbons (Fsp3) is 0.667. The molecule has 1 aliphatic rings. The maximum Gasteiger partial charge on any atom is 0.249 e. The Bertz CT molecular complexity index is 189. The topological polar surface area (TPSA) is 38.3 Å². The van der Waals surface area contributed by atoms with E-state index in [1.807, 2.05) is 0 Å². The first kappa shape index (κ1) is 9.08. The van der Waals surface area contributed by atoms with Crippen molar-refractivity contribution in [2.75, 3.05) is 13.2 Å². The Hall–Kier alpha value is -1.01. The molecule has 0 saturated carbocycles. The summed E-state index contributed by atoms with van der Waals surface area (Å²) in [7, 11) is 0. The number of hydrogen-bond donors (Lipinski definition) is 1. The maximum atomic E-state index is 11.2. The predicted molar refractivity (Wildman–Crippen MR) is 45.4 cm³/mol. The van der Waals surface area contributed by atoms with Gasteiger partial charge < -0.3 is 10.1 Å². The van der Waals surface area contributed by atoms with Crippen LogP contribution in [0.5, 0.6) is 0 Å². The predicted octanol–water partition coefficient (Wildman–Crippen LogP) is 0.305. The average molecular weight is 167 g/mol. The van der Waals surface area contributed by atoms with Gasteiger partial charge in [0, 0.05) is 19.6 Å². The largest absolute Gasteiger partial charge is 0.368 e. The van der Waals surface area contributed by atoms with E-state index in [1.54, 1.807) is 0 Å². The van der Waals surface area contributed by atoms with Gasteiger partial charge in [-0.2, -0.15) is 0 Å². The molecular formula is C9H13NO2. The lowest BCUT2D eigenvalue weighted by Gasteiger charge is -2.08. The molecule has 3 heteroatoms. The number of hydrogen-bond acceptors (Lipinski definition) is 2. The van der Waals surface area contributed by atoms with Crippen molar-refractivity contribution < 1.29 is 9.53 Å². The van der Waals surface area contributed by atoms with Gasteiger partial charge in [-0.25, -0.2) is 0 Å². The van der Waals surface area contributed by atoms with Gasteiger partial charge in [0.25, 0.3) is 0 Å². The molecule has 1 atom stereocenters. The lowest BCUT2D eigenvalue weighted by Crippen LogP contribution is -2.34. The zero-order valence-electron chi connectivity index (χ0n) is 7.01. The molecule has 12 heavy (non-hydrogen) atoms. The summed E-state index contributed by atoms with van der Waals surface area (Å²) < 4.78 is 5.18. The van der Waals surface area contributed by atoms with E-state index in [-0.39, 0.29) is 12.0 Å². The van der Waals surface area contributed by atoms with Crippen molar-refractivity contribution in [2.24, 2.45) is 0 Å². The van der Waals surface area contributed by atoms with E-state index < -0.39 is 0 Å². The van der Waals surface area contributed by atoms with Gasteiger partial charge >= 0.3 is 0 Å². The van der Waals surface area contributed by atoms with Gasteiger partial charge in [0.1, 0.15) is 6.10 Å². The molecule has 1 unspecified atom stereocenters. The molecule has 0 aromatic carbocycles. The summed E-state index contributed by atoms with van der Waals surface area (Å²) in [5, 5.41) is 2.72. The van der Waals surface area contributed by atoms with Crippen molar-refractivity contribution >= 4 is 5.91 Å². The summed E-state index contributed by atoms with van der Waals surface area (Å²) in [5.41, 5.74) is 0. The zero-order chi connectivity index (χ0) is 8.81. The van der Waals surface area contributed by atoms with Crippen molar-refractivity contribution in [3.05, 3.63) is 0 Å². The second-order valence-electron chi connectivity index (χ2n) is 2.75. The molecule has 1 aliphatic heterocycles. The van der Waals surface area contributed by atoms with Crippen LogP contribution in [0.15, 0.2) is 0 Å². The third kappa shape index (κ3) is 2.55. The van der Waals surface area contributed by atoms with E-state index in [1.165, 1.54) is 0 Å². The van der Waals surface area contributed by atoms with Gasteiger partial charge in [0.05, 0.1) is 0 Å². The Balaban J connectivity index is 2.15. The number of nitrogens with one attached hydrogen (secondary N) is 1. The van der Waals surface area contributed by atoms with Crippen molar-refractivity contribution in [3.8, 4) is 12.3 Å². The summed E-state index contributed by atoms with van der Waals surface area (Å²) in [5.74, 6) is 2.43. The molecule has 1 amide bonds. The van der Waals surface area contributed by atoms with Gasteiger partial charge in [-0.15, -0.1) is 12.3 Å². The van der Waals surface area contributed by atoms with Crippen LogP contribution in [0.25, 0.3) is 0 Å². The standard InChI is InChI=1S/C9H13NO2/c1-2-3-6-10-9(11)8-5-4-7-12-8/h1,8H,3-7H2,(H,10,11). The van der Waals surface area contributed by atoms with Crippen LogP contribution in [0, 0.1) is 12.3 Å². The molecule has 0 spiro atoms. The Kier molecular flexibility index (Phi) is 3.62. The van der Waals surface area contributed by atoms with E-state index in [0.29, 0.717) is 19.6 Å². The molecule has 1 fully saturated rings. The normalized spacial score (nSPS) is 21.8. The number of amides is 1. The van der Waals surface area contributed by atoms with Gasteiger partial charge in [0.15, 0.2) is 0 Å². The quantitative estimate of drug-likeness (QED) is 0.485. The van der Waals surface area contributed by atoms with Crippen LogP contribution in [0.4, 0.5) is 0 Å². The summed E-state index contributed by atoms with van der Waals surface area (Å²) >= 11 is 0. The van der Waals surface area contributed by atoms with E-state index in [9.17, 15) is 4.79 Å². The van der Waals surface area contributed by atoms with Crippen LogP contribution in [0.3, 0.4) is 0 Å². The summed E-state index contributed by atoms with van der Waals surface area (Å²) in [6, 6.07) is 0. The van der Waals surface area contributed by atoms with Gasteiger partial charge in [-0.1, -0.05) is 0 Å². The van der Waals surface area contributed by atoms with Crippen LogP contribution in [0.1, 0.15) is 19.3 Å². The van der Waals surface area contributed by atoms with Crippen LogP contribution in [0.2, 0.25) is 0 Å². The smallest absolute Gasteiger partial charge is 0.249 e. The number of terminal acetylenes is 1. The van der Waals surface area contributed by atoms with E-state index in [0.717, 1.165) is 12.8 Å². The van der Waals surface area contributed by atoms with Gasteiger partial charge in [0.2, 0.25) is 5.91 Å². The molecule has 66 valence electrons. The Morgan fingerprint density at radius 2 is 2.58 bits per heavy atom. The summed E-state index contributed by atoms with van der Waals surface area (Å²) in [6.45, 7) is 1.25. The molecule has 0 bridgehead atoms. The fourth-order valence-corrected chi connectivity index (χ4v) is 1.16. The van der Waals surface area contributed by atoms with Crippen molar-refractivity contribution in [3.63, 3.8) is 0 Å². The third-order valence-electron chi connectivity index (χ3n) is 1.79. The highest BCUT2D eigenvalue weighted by atomic mass is 16.5. The number of ether oxygens (including phenoxy) is 1. The minimum atomic E-state index is -0.234. The van der Waals surface area contributed by atoms with Crippen LogP contribution in [-0.4, -0.2) is 25.2 Å². The van der Waals surface area contributed by atoms with E-state index in [4.69, 9.17) is 11.2 Å². The lowest BCUT2D eigenvalue weighted by atomic mass is 10.2. The monoisotopic (exact) mass is 167 g/mol. The molecule has 0 aromatic rings. The Labute approximate surface area is 72.5 Å². The molecule has 0 aromatic heterocycles. The molecule has 1 rings (SSSR count). The van der Waals surface area contributed by atoms with Crippen LogP contribution < -0.4 is 5.32 Å². The number of carbonyl (C=O) groups is 1. The fourth-order valence-electron chi connectivity index (χ4n) is 1.16. The first-order valence-electron chi connectivity index (χ1n) is 4.17. The second kappa shape index (κ2) is 4.78. The number of rotatable bonds is 3. The molecule has 1 N–H and O–H groups in total. The van der Waals surface area contributed by atoms with Crippen molar-refractivity contribution in [1.29, 1.82) is 0 Å². The first-order valence-corrected chi connectivity index (χ1v) is 4.17. The highest BCUT2D eigenvalue weighted by Gasteiger charge is 2.22. The Morgan fingerprint density at radius 3 is 3.17 bits per heavy atom. The van der Waals surface area contributed by atoms with E-state index in [2.05, 4.69) is 11.2 Å². The molecule has 1 saturated heterocycles. The SMILES string of the molecule is C#CCCNC(=O)C1CCCO1.